The minimum atomic E-state index is -1.62. The van der Waals surface area contributed by atoms with Crippen LogP contribution in [0.5, 0.6) is 5.75 Å². The van der Waals surface area contributed by atoms with E-state index in [4.69, 9.17) is 17.2 Å². The van der Waals surface area contributed by atoms with Crippen molar-refractivity contribution < 1.29 is 44.1 Å². The molecule has 5 amide bonds. The third-order valence-corrected chi connectivity index (χ3v) is 7.93. The van der Waals surface area contributed by atoms with Crippen molar-refractivity contribution in [3.63, 3.8) is 0 Å². The summed E-state index contributed by atoms with van der Waals surface area (Å²) in [6.07, 6.45) is -1.05. The number of aliphatic carboxylic acids is 1. The number of aliphatic hydroxyl groups is 1. The summed E-state index contributed by atoms with van der Waals surface area (Å²) in [6, 6.07) is -1.97. The molecule has 270 valence electrons. The summed E-state index contributed by atoms with van der Waals surface area (Å²) in [7, 11) is 0. The molecule has 48 heavy (non-hydrogen) atoms. The average molecular weight is 699 g/mol. The molecule has 0 saturated heterocycles. The van der Waals surface area contributed by atoms with Crippen LogP contribution in [0.1, 0.15) is 45.6 Å². The molecule has 0 spiro atoms. The summed E-state index contributed by atoms with van der Waals surface area (Å²) >= 11 is 4.16. The van der Waals surface area contributed by atoms with Crippen molar-refractivity contribution >= 4 is 48.1 Å². The van der Waals surface area contributed by atoms with Crippen LogP contribution in [0.3, 0.4) is 0 Å². The lowest BCUT2D eigenvalue weighted by atomic mass is 9.97. The molecule has 0 radical (unpaired) electrons. The zero-order chi connectivity index (χ0) is 36.6. The summed E-state index contributed by atoms with van der Waals surface area (Å²) in [5, 5.41) is 41.6. The highest BCUT2D eigenvalue weighted by Gasteiger charge is 2.34. The third kappa shape index (κ3) is 13.6. The van der Waals surface area contributed by atoms with Gasteiger partial charge in [-0.15, -0.1) is 0 Å². The lowest BCUT2D eigenvalue weighted by Crippen LogP contribution is -2.61. The first-order valence-electron chi connectivity index (χ1n) is 15.6. The highest BCUT2D eigenvalue weighted by atomic mass is 32.1. The molecule has 0 unspecified atom stereocenters. The lowest BCUT2D eigenvalue weighted by molar-refractivity contribution is -0.143. The molecule has 1 aromatic rings. The first kappa shape index (κ1) is 42.1. The molecule has 1 aromatic carbocycles. The van der Waals surface area contributed by atoms with E-state index in [9.17, 15) is 44.1 Å². The van der Waals surface area contributed by atoms with Gasteiger partial charge in [0.05, 0.1) is 12.1 Å². The minimum absolute atomic E-state index is 0.0308. The molecule has 0 fully saturated rings. The molecule has 8 atom stereocenters. The van der Waals surface area contributed by atoms with Crippen LogP contribution in [0.25, 0.3) is 0 Å². The number of phenolic OH excluding ortho intramolecular Hbond substituents is 1. The van der Waals surface area contributed by atoms with Gasteiger partial charge in [-0.05, 0) is 56.5 Å². The molecule has 17 nitrogen and oxygen atoms in total. The fourth-order valence-electron chi connectivity index (χ4n) is 4.42. The molecule has 0 aliphatic rings. The molecule has 0 heterocycles. The highest BCUT2D eigenvalue weighted by Crippen LogP contribution is 2.12. The zero-order valence-corrected chi connectivity index (χ0v) is 28.2. The van der Waals surface area contributed by atoms with Gasteiger partial charge in [0.2, 0.25) is 29.5 Å². The van der Waals surface area contributed by atoms with Crippen LogP contribution in [-0.2, 0) is 35.2 Å². The summed E-state index contributed by atoms with van der Waals surface area (Å²) in [5.74, 6) is -5.96. The Balaban J connectivity index is 3.04. The lowest BCUT2D eigenvalue weighted by Gasteiger charge is -2.28. The van der Waals surface area contributed by atoms with Crippen molar-refractivity contribution in [1.29, 1.82) is 0 Å². The van der Waals surface area contributed by atoms with Gasteiger partial charge in [-0.3, -0.25) is 24.0 Å². The van der Waals surface area contributed by atoms with Gasteiger partial charge in [0.25, 0.3) is 0 Å². The first-order valence-corrected chi connectivity index (χ1v) is 16.2. The summed E-state index contributed by atoms with van der Waals surface area (Å²) in [6.45, 7) is 4.84. The van der Waals surface area contributed by atoms with Crippen LogP contribution in [0.4, 0.5) is 0 Å². The maximum atomic E-state index is 13.3. The number of amides is 5. The van der Waals surface area contributed by atoms with Gasteiger partial charge < -0.3 is 59.1 Å². The van der Waals surface area contributed by atoms with E-state index in [1.54, 1.807) is 6.92 Å². The molecule has 0 bridgehead atoms. The Morgan fingerprint density at radius 3 is 1.75 bits per heavy atom. The molecule has 0 aliphatic carbocycles. The van der Waals surface area contributed by atoms with Crippen molar-refractivity contribution in [2.75, 3.05) is 18.8 Å². The number of aliphatic hydroxyl groups excluding tert-OH is 1. The number of phenols is 1. The van der Waals surface area contributed by atoms with Gasteiger partial charge in [-0.25, -0.2) is 4.79 Å². The van der Waals surface area contributed by atoms with E-state index in [-0.39, 0.29) is 49.8 Å². The summed E-state index contributed by atoms with van der Waals surface area (Å²) < 4.78 is 0. The number of nitrogens with one attached hydrogen (secondary N) is 5. The number of nitrogens with two attached hydrogens (primary N) is 3. The van der Waals surface area contributed by atoms with Crippen molar-refractivity contribution in [2.24, 2.45) is 23.1 Å². The maximum absolute atomic E-state index is 13.3. The standard InChI is InChI=1S/C30H50N8O9S/c1-4-15(2)23(37-25(41)19(33)9-11-31)28(44)36-22(14-48)27(43)34-20(10-12-32)26(42)38-24(16(3)39)29(45)35-21(30(46)47)13-17-5-7-18(40)8-6-17/h5-8,15-16,19-24,39-40,48H,4,9-14,31-33H2,1-3H3,(H,34,43)(H,35,45)(H,36,44)(H,37,41)(H,38,42)(H,46,47)/t15-,16+,19-,20-,21-,22-,23-,24-/m0/s1. The molecule has 0 saturated carbocycles. The molecule has 0 aromatic heterocycles. The fraction of sp³-hybridized carbons (Fsp3) is 0.600. The SMILES string of the molecule is CC[C@H](C)[C@H](NC(=O)[C@@H](N)CCN)C(=O)N[C@@H](CS)C(=O)N[C@@H](CCN)C(=O)N[C@H](C(=O)N[C@@H](Cc1ccc(O)cc1)C(=O)O)[C@@H](C)O. The third-order valence-electron chi connectivity index (χ3n) is 7.56. The quantitative estimate of drug-likeness (QED) is 0.0566. The molecule has 1 rings (SSSR count). The Morgan fingerprint density at radius 1 is 0.750 bits per heavy atom. The number of carbonyl (C=O) groups excluding carboxylic acids is 5. The average Bonchev–Trinajstić information content (AvgIpc) is 3.04. The monoisotopic (exact) mass is 698 g/mol. The van der Waals surface area contributed by atoms with Crippen LogP contribution in [0.2, 0.25) is 0 Å². The van der Waals surface area contributed by atoms with Crippen molar-refractivity contribution in [2.45, 2.75) is 88.8 Å². The zero-order valence-electron chi connectivity index (χ0n) is 27.3. The Morgan fingerprint density at radius 2 is 1.25 bits per heavy atom. The highest BCUT2D eigenvalue weighted by molar-refractivity contribution is 7.80. The number of hydrogen-bond acceptors (Lipinski definition) is 12. The number of benzene rings is 1. The van der Waals surface area contributed by atoms with Gasteiger partial charge in [-0.1, -0.05) is 32.4 Å². The van der Waals surface area contributed by atoms with Crippen LogP contribution < -0.4 is 43.8 Å². The van der Waals surface area contributed by atoms with Crippen LogP contribution in [0.15, 0.2) is 24.3 Å². The maximum Gasteiger partial charge on any atom is 0.326 e. The minimum Gasteiger partial charge on any atom is -0.508 e. The number of rotatable bonds is 21. The predicted octanol–water partition coefficient (Wildman–Crippen LogP) is -3.18. The van der Waals surface area contributed by atoms with Gasteiger partial charge in [0, 0.05) is 12.2 Å². The Labute approximate surface area is 284 Å². The van der Waals surface area contributed by atoms with Gasteiger partial charge in [0.15, 0.2) is 0 Å². The Kier molecular flexibility index (Phi) is 18.5. The normalized spacial score (nSPS) is 16.1. The van der Waals surface area contributed by atoms with Crippen LogP contribution >= 0.6 is 12.6 Å². The first-order chi connectivity index (χ1) is 22.6. The van der Waals surface area contributed by atoms with Crippen molar-refractivity contribution in [1.82, 2.24) is 26.6 Å². The fourth-order valence-corrected chi connectivity index (χ4v) is 4.68. The van der Waals surface area contributed by atoms with Gasteiger partial charge >= 0.3 is 5.97 Å². The van der Waals surface area contributed by atoms with E-state index in [0.717, 1.165) is 0 Å². The van der Waals surface area contributed by atoms with Crippen molar-refractivity contribution in [3.8, 4) is 5.75 Å². The number of aromatic hydroxyl groups is 1. The van der Waals surface area contributed by atoms with E-state index >= 15 is 0 Å². The van der Waals surface area contributed by atoms with E-state index in [0.29, 0.717) is 12.0 Å². The van der Waals surface area contributed by atoms with Crippen LogP contribution in [-0.4, -0.2) is 112 Å². The number of carbonyl (C=O) groups is 6. The second kappa shape index (κ2) is 21.1. The number of carboxylic acids is 1. The van der Waals surface area contributed by atoms with E-state index < -0.39 is 77.9 Å². The van der Waals surface area contributed by atoms with Crippen LogP contribution in [0, 0.1) is 5.92 Å². The second-order valence-electron chi connectivity index (χ2n) is 11.4. The number of hydrogen-bond donors (Lipinski definition) is 12. The number of carboxylic acid groups (broad SMARTS) is 1. The van der Waals surface area contributed by atoms with E-state index in [1.807, 2.05) is 6.92 Å². The Bertz CT molecular complexity index is 1240. The molecular formula is C30H50N8O9S. The molecule has 0 aliphatic heterocycles. The number of thiol groups is 1. The molecular weight excluding hydrogens is 648 g/mol. The summed E-state index contributed by atoms with van der Waals surface area (Å²) in [4.78, 5) is 77.1. The Hall–Kier alpha value is -3.97. The van der Waals surface area contributed by atoms with Gasteiger partial charge in [0.1, 0.15) is 36.0 Å². The van der Waals surface area contributed by atoms with Gasteiger partial charge in [-0.2, -0.15) is 12.6 Å². The van der Waals surface area contributed by atoms with E-state index in [1.165, 1.54) is 31.2 Å². The smallest absolute Gasteiger partial charge is 0.326 e. The second-order valence-corrected chi connectivity index (χ2v) is 11.8. The topological polar surface area (TPSA) is 301 Å². The molecule has 14 N–H and O–H groups in total. The molecule has 18 heteroatoms. The van der Waals surface area contributed by atoms with Crippen molar-refractivity contribution in [3.05, 3.63) is 29.8 Å². The largest absolute Gasteiger partial charge is 0.508 e. The predicted molar refractivity (Wildman–Crippen MR) is 179 cm³/mol. The summed E-state index contributed by atoms with van der Waals surface area (Å²) in [5.41, 5.74) is 17.4. The van der Waals surface area contributed by atoms with E-state index in [2.05, 4.69) is 39.2 Å².